The maximum Gasteiger partial charge on any atom is 0.436 e. The van der Waals surface area contributed by atoms with Crippen molar-refractivity contribution in [3.8, 4) is 11.4 Å². The highest BCUT2D eigenvalue weighted by Crippen LogP contribution is 2.45. The van der Waals surface area contributed by atoms with Crippen molar-refractivity contribution in [2.24, 2.45) is 7.05 Å². The monoisotopic (exact) mass is 543 g/mol. The lowest BCUT2D eigenvalue weighted by Crippen LogP contribution is -2.52. The summed E-state index contributed by atoms with van der Waals surface area (Å²) >= 11 is 0. The van der Waals surface area contributed by atoms with Gasteiger partial charge in [-0.25, -0.2) is 14.2 Å². The van der Waals surface area contributed by atoms with Crippen molar-refractivity contribution in [1.82, 2.24) is 45.2 Å². The molecule has 0 saturated carbocycles. The van der Waals surface area contributed by atoms with Gasteiger partial charge in [0.05, 0.1) is 23.6 Å². The standard InChI is InChI=1S/C26H22FN9O4/c1-36-25(37)39-24(34-36)26(23-32-20(12-38-2)40-35-23)21-15(14-5-3-4-6-16(14)30-21)9-18(33-26)22-29-11-19(31-22)17-8-7-13(27)10-28-17/h3-8,10-11,18,30,33H,9,12H2,1-2H3,(H,29,31). The number of methoxy groups -OCH3 is 1. The van der Waals surface area contributed by atoms with E-state index in [-0.39, 0.29) is 24.2 Å². The molecule has 0 aliphatic carbocycles. The lowest BCUT2D eigenvalue weighted by molar-refractivity contribution is 0.151. The highest BCUT2D eigenvalue weighted by molar-refractivity contribution is 5.86. The van der Waals surface area contributed by atoms with Crippen LogP contribution in [-0.4, -0.2) is 47.0 Å². The number of imidazole rings is 1. The van der Waals surface area contributed by atoms with Gasteiger partial charge in [0.25, 0.3) is 11.8 Å². The first-order valence-corrected chi connectivity index (χ1v) is 12.4. The van der Waals surface area contributed by atoms with Crippen molar-refractivity contribution in [3.63, 3.8) is 0 Å². The smallest absolute Gasteiger partial charge is 0.389 e. The Bertz CT molecular complexity index is 1900. The molecule has 6 heterocycles. The highest BCUT2D eigenvalue weighted by atomic mass is 19.1. The average molecular weight is 544 g/mol. The Hall–Kier alpha value is -4.95. The molecule has 6 aromatic rings. The minimum Gasteiger partial charge on any atom is -0.389 e. The van der Waals surface area contributed by atoms with Gasteiger partial charge >= 0.3 is 5.76 Å². The summed E-state index contributed by atoms with van der Waals surface area (Å²) in [6, 6.07) is 10.3. The fraction of sp³-hybridized carbons (Fsp3) is 0.231. The summed E-state index contributed by atoms with van der Waals surface area (Å²) in [5.41, 5.74) is 2.05. The van der Waals surface area contributed by atoms with E-state index in [2.05, 4.69) is 35.5 Å². The van der Waals surface area contributed by atoms with E-state index in [9.17, 15) is 9.18 Å². The van der Waals surface area contributed by atoms with Gasteiger partial charge in [0.1, 0.15) is 23.9 Å². The van der Waals surface area contributed by atoms with Gasteiger partial charge in [-0.3, -0.25) is 10.3 Å². The molecule has 0 bridgehead atoms. The van der Waals surface area contributed by atoms with Crippen LogP contribution in [0.1, 0.15) is 40.7 Å². The van der Waals surface area contributed by atoms with Gasteiger partial charge in [-0.15, -0.1) is 5.10 Å². The first kappa shape index (κ1) is 24.1. The number of para-hydroxylation sites is 1. The van der Waals surface area contributed by atoms with E-state index in [0.29, 0.717) is 29.3 Å². The fourth-order valence-corrected chi connectivity index (χ4v) is 5.19. The Kier molecular flexibility index (Phi) is 5.47. The van der Waals surface area contributed by atoms with Crippen LogP contribution < -0.4 is 11.1 Å². The van der Waals surface area contributed by atoms with Crippen LogP contribution in [0.15, 0.2) is 62.5 Å². The van der Waals surface area contributed by atoms with E-state index in [0.717, 1.165) is 27.3 Å². The summed E-state index contributed by atoms with van der Waals surface area (Å²) in [6.45, 7) is 0.0877. The van der Waals surface area contributed by atoms with Gasteiger partial charge in [-0.05, 0) is 30.2 Å². The summed E-state index contributed by atoms with van der Waals surface area (Å²) in [4.78, 5) is 32.8. The first-order valence-electron chi connectivity index (χ1n) is 12.4. The van der Waals surface area contributed by atoms with Crippen molar-refractivity contribution in [2.75, 3.05) is 7.11 Å². The van der Waals surface area contributed by atoms with E-state index in [1.54, 1.807) is 12.3 Å². The van der Waals surface area contributed by atoms with Gasteiger partial charge in [-0.2, -0.15) is 9.67 Å². The molecule has 0 saturated heterocycles. The molecular weight excluding hydrogens is 521 g/mol. The number of fused-ring (bicyclic) bond motifs is 3. The lowest BCUT2D eigenvalue weighted by Gasteiger charge is -2.37. The third kappa shape index (κ3) is 3.68. The zero-order valence-electron chi connectivity index (χ0n) is 21.3. The number of benzene rings is 1. The maximum atomic E-state index is 13.5. The normalized spacial score (nSPS) is 18.8. The molecule has 3 N–H and O–H groups in total. The van der Waals surface area contributed by atoms with Gasteiger partial charge in [0.15, 0.2) is 0 Å². The van der Waals surface area contributed by atoms with E-state index in [1.165, 1.54) is 20.2 Å². The van der Waals surface area contributed by atoms with Crippen molar-refractivity contribution < 1.29 is 18.1 Å². The van der Waals surface area contributed by atoms with Gasteiger partial charge in [0.2, 0.25) is 11.4 Å². The number of aromatic amines is 2. The molecule has 202 valence electrons. The number of aryl methyl sites for hydroxylation is 1. The second-order valence-electron chi connectivity index (χ2n) is 9.45. The van der Waals surface area contributed by atoms with Crippen LogP contribution in [0.25, 0.3) is 22.3 Å². The number of nitrogens with one attached hydrogen (secondary N) is 3. The molecule has 1 aromatic carbocycles. The van der Waals surface area contributed by atoms with Gasteiger partial charge < -0.3 is 23.6 Å². The van der Waals surface area contributed by atoms with Crippen molar-refractivity contribution in [3.05, 3.63) is 99.8 Å². The Morgan fingerprint density at radius 3 is 2.85 bits per heavy atom. The number of rotatable bonds is 6. The van der Waals surface area contributed by atoms with Gasteiger partial charge in [0, 0.05) is 31.3 Å². The predicted octanol–water partition coefficient (Wildman–Crippen LogP) is 2.49. The van der Waals surface area contributed by atoms with E-state index >= 15 is 0 Å². The lowest BCUT2D eigenvalue weighted by atomic mass is 9.82. The number of H-pyrrole nitrogens is 2. The second kappa shape index (κ2) is 9.07. The van der Waals surface area contributed by atoms with Crippen LogP contribution in [0.3, 0.4) is 0 Å². The molecule has 5 aromatic heterocycles. The number of halogens is 1. The van der Waals surface area contributed by atoms with Crippen LogP contribution >= 0.6 is 0 Å². The molecule has 1 aliphatic rings. The molecule has 2 atom stereocenters. The van der Waals surface area contributed by atoms with E-state index in [4.69, 9.17) is 18.7 Å². The third-order valence-corrected chi connectivity index (χ3v) is 6.99. The number of pyridine rings is 1. The number of aromatic nitrogens is 8. The van der Waals surface area contributed by atoms with E-state index < -0.39 is 23.2 Å². The largest absolute Gasteiger partial charge is 0.436 e. The number of hydrogen-bond donors (Lipinski definition) is 3. The fourth-order valence-electron chi connectivity index (χ4n) is 5.19. The van der Waals surface area contributed by atoms with Gasteiger partial charge in [-0.1, -0.05) is 23.4 Å². The quantitative estimate of drug-likeness (QED) is 0.284. The van der Waals surface area contributed by atoms with Crippen LogP contribution in [0.5, 0.6) is 0 Å². The maximum absolute atomic E-state index is 13.5. The SMILES string of the molecule is COCc1nc(C2(c3nn(C)c(=O)o3)NC(c3nc(-c4ccc(F)cn4)c[nH]3)Cc3c2[nH]c2ccccc32)no1. The molecule has 1 aliphatic heterocycles. The predicted molar refractivity (Wildman–Crippen MR) is 136 cm³/mol. The van der Waals surface area contributed by atoms with Crippen molar-refractivity contribution in [1.29, 1.82) is 0 Å². The Morgan fingerprint density at radius 1 is 1.20 bits per heavy atom. The molecule has 0 fully saturated rings. The number of nitrogens with zero attached hydrogens (tertiary/aromatic N) is 6. The summed E-state index contributed by atoms with van der Waals surface area (Å²) in [5, 5.41) is 13.2. The number of hydrogen-bond acceptors (Lipinski definition) is 10. The highest BCUT2D eigenvalue weighted by Gasteiger charge is 2.53. The summed E-state index contributed by atoms with van der Waals surface area (Å²) in [7, 11) is 3.02. The van der Waals surface area contributed by atoms with Crippen LogP contribution in [0, 0.1) is 5.82 Å². The molecular formula is C26H22FN9O4. The molecule has 0 radical (unpaired) electrons. The summed E-state index contributed by atoms with van der Waals surface area (Å²) in [6.07, 6.45) is 3.35. The first-order chi connectivity index (χ1) is 19.5. The molecule has 40 heavy (non-hydrogen) atoms. The molecule has 13 nitrogen and oxygen atoms in total. The van der Waals surface area contributed by atoms with E-state index in [1.807, 2.05) is 24.3 Å². The molecule has 0 spiro atoms. The van der Waals surface area contributed by atoms with Crippen molar-refractivity contribution >= 4 is 10.9 Å². The second-order valence-corrected chi connectivity index (χ2v) is 9.45. The molecule has 0 amide bonds. The topological polar surface area (TPSA) is 166 Å². The summed E-state index contributed by atoms with van der Waals surface area (Å²) < 4.78 is 30.9. The minimum atomic E-state index is -1.46. The Morgan fingerprint density at radius 2 is 2.08 bits per heavy atom. The minimum absolute atomic E-state index is 0.0225. The summed E-state index contributed by atoms with van der Waals surface area (Å²) in [5.74, 6) is -0.0889. The third-order valence-electron chi connectivity index (χ3n) is 6.99. The molecule has 2 unspecified atom stereocenters. The average Bonchev–Trinajstić information content (AvgIpc) is 3.76. The van der Waals surface area contributed by atoms with Crippen molar-refractivity contribution in [2.45, 2.75) is 24.6 Å². The Labute approximate surface area is 224 Å². The molecule has 7 rings (SSSR count). The zero-order chi connectivity index (χ0) is 27.4. The molecule has 14 heteroatoms. The number of ether oxygens (including phenoxy) is 1. The van der Waals surface area contributed by atoms with Crippen LogP contribution in [-0.2, 0) is 30.4 Å². The Balaban J connectivity index is 1.45. The zero-order valence-corrected chi connectivity index (χ0v) is 21.3. The van der Waals surface area contributed by atoms with Crippen LogP contribution in [0.2, 0.25) is 0 Å². The van der Waals surface area contributed by atoms with Crippen LogP contribution in [0.4, 0.5) is 4.39 Å².